The molecule has 0 aliphatic carbocycles. The van der Waals surface area contributed by atoms with Crippen LogP contribution in [0.2, 0.25) is 0 Å². The predicted molar refractivity (Wildman–Crippen MR) is 79.0 cm³/mol. The Hall–Kier alpha value is -1.55. The fourth-order valence-corrected chi connectivity index (χ4v) is 1.55. The summed E-state index contributed by atoms with van der Waals surface area (Å²) in [6.45, 7) is 5.76. The highest BCUT2D eigenvalue weighted by Gasteiger charge is 2.02. The highest BCUT2D eigenvalue weighted by molar-refractivity contribution is 5.90. The Bertz CT molecular complexity index is 374. The van der Waals surface area contributed by atoms with Crippen LogP contribution in [0.25, 0.3) is 0 Å². The minimum atomic E-state index is 0.0113. The number of carbonyl (C=O) groups is 1. The second-order valence-electron chi connectivity index (χ2n) is 5.07. The molecule has 0 aliphatic heterocycles. The highest BCUT2D eigenvalue weighted by atomic mass is 16.5. The summed E-state index contributed by atoms with van der Waals surface area (Å²) in [4.78, 5) is 11.6. The normalized spacial score (nSPS) is 10.7. The van der Waals surface area contributed by atoms with Crippen molar-refractivity contribution in [1.29, 1.82) is 0 Å². The number of hydrogen-bond acceptors (Lipinski definition) is 3. The molecule has 3 N–H and O–H groups in total. The summed E-state index contributed by atoms with van der Waals surface area (Å²) < 4.78 is 5.46. The molecular formula is C15H24N2O2. The van der Waals surface area contributed by atoms with E-state index in [1.54, 1.807) is 24.3 Å². The quantitative estimate of drug-likeness (QED) is 0.560. The van der Waals surface area contributed by atoms with Crippen molar-refractivity contribution in [1.82, 2.24) is 0 Å². The SMILES string of the molecule is CC(C)CCOCCCC(=O)Nc1ccc(N)cc1. The lowest BCUT2D eigenvalue weighted by Gasteiger charge is -2.07. The van der Waals surface area contributed by atoms with Crippen LogP contribution < -0.4 is 11.1 Å². The summed E-state index contributed by atoms with van der Waals surface area (Å²) >= 11 is 0. The van der Waals surface area contributed by atoms with Crippen molar-refractivity contribution in [2.75, 3.05) is 24.3 Å². The topological polar surface area (TPSA) is 64.3 Å². The summed E-state index contributed by atoms with van der Waals surface area (Å²) in [5, 5.41) is 2.83. The van der Waals surface area contributed by atoms with Gasteiger partial charge in [-0.05, 0) is 43.0 Å². The van der Waals surface area contributed by atoms with Crippen LogP contribution in [0.3, 0.4) is 0 Å². The molecule has 4 nitrogen and oxygen atoms in total. The second kappa shape index (κ2) is 8.53. The predicted octanol–water partition coefficient (Wildman–Crippen LogP) is 3.05. The van der Waals surface area contributed by atoms with Crippen LogP contribution >= 0.6 is 0 Å². The van der Waals surface area contributed by atoms with Gasteiger partial charge in [-0.1, -0.05) is 13.8 Å². The summed E-state index contributed by atoms with van der Waals surface area (Å²) in [5.74, 6) is 0.672. The first-order valence-corrected chi connectivity index (χ1v) is 6.81. The number of ether oxygens (including phenoxy) is 1. The van der Waals surface area contributed by atoms with Crippen molar-refractivity contribution in [2.24, 2.45) is 5.92 Å². The molecule has 0 aliphatic rings. The van der Waals surface area contributed by atoms with Gasteiger partial charge < -0.3 is 15.8 Å². The Kier molecular flexibility index (Phi) is 6.97. The minimum Gasteiger partial charge on any atom is -0.399 e. The van der Waals surface area contributed by atoms with E-state index in [-0.39, 0.29) is 5.91 Å². The first-order valence-electron chi connectivity index (χ1n) is 6.81. The van der Waals surface area contributed by atoms with Crippen molar-refractivity contribution in [3.8, 4) is 0 Å². The third kappa shape index (κ3) is 7.47. The van der Waals surface area contributed by atoms with Gasteiger partial charge >= 0.3 is 0 Å². The lowest BCUT2D eigenvalue weighted by Crippen LogP contribution is -2.12. The molecule has 0 fully saturated rings. The minimum absolute atomic E-state index is 0.0113. The van der Waals surface area contributed by atoms with Gasteiger partial charge in [0, 0.05) is 31.0 Å². The van der Waals surface area contributed by atoms with Crippen molar-refractivity contribution >= 4 is 17.3 Å². The lowest BCUT2D eigenvalue weighted by molar-refractivity contribution is -0.116. The van der Waals surface area contributed by atoms with Gasteiger partial charge in [-0.2, -0.15) is 0 Å². The molecule has 0 bridgehead atoms. The van der Waals surface area contributed by atoms with E-state index in [0.29, 0.717) is 24.6 Å². The zero-order valence-electron chi connectivity index (χ0n) is 11.8. The number of nitrogen functional groups attached to an aromatic ring is 1. The zero-order chi connectivity index (χ0) is 14.1. The van der Waals surface area contributed by atoms with E-state index in [2.05, 4.69) is 19.2 Å². The molecule has 0 saturated heterocycles. The van der Waals surface area contributed by atoms with Gasteiger partial charge in [-0.3, -0.25) is 4.79 Å². The zero-order valence-corrected chi connectivity index (χ0v) is 11.8. The Morgan fingerprint density at radius 1 is 1.26 bits per heavy atom. The Labute approximate surface area is 115 Å². The maximum Gasteiger partial charge on any atom is 0.224 e. The van der Waals surface area contributed by atoms with Crippen LogP contribution in [0.4, 0.5) is 11.4 Å². The first kappa shape index (κ1) is 15.5. The number of amides is 1. The summed E-state index contributed by atoms with van der Waals surface area (Å²) in [7, 11) is 0. The van der Waals surface area contributed by atoms with E-state index in [9.17, 15) is 4.79 Å². The lowest BCUT2D eigenvalue weighted by atomic mass is 10.1. The standard InChI is InChI=1S/C15H24N2O2/c1-12(2)9-11-19-10-3-4-15(18)17-14-7-5-13(16)6-8-14/h5-8,12H,3-4,9-11,16H2,1-2H3,(H,17,18). The number of hydrogen-bond donors (Lipinski definition) is 2. The van der Waals surface area contributed by atoms with Crippen molar-refractivity contribution in [3.63, 3.8) is 0 Å². The number of nitrogens with one attached hydrogen (secondary N) is 1. The van der Waals surface area contributed by atoms with E-state index in [1.165, 1.54) is 0 Å². The molecule has 0 unspecified atom stereocenters. The average molecular weight is 264 g/mol. The molecular weight excluding hydrogens is 240 g/mol. The van der Waals surface area contributed by atoms with Gasteiger partial charge in [-0.25, -0.2) is 0 Å². The van der Waals surface area contributed by atoms with Gasteiger partial charge in [0.2, 0.25) is 5.91 Å². The number of carbonyl (C=O) groups excluding carboxylic acids is 1. The van der Waals surface area contributed by atoms with Gasteiger partial charge in [-0.15, -0.1) is 0 Å². The Morgan fingerprint density at radius 3 is 2.58 bits per heavy atom. The first-order chi connectivity index (χ1) is 9.08. The maximum absolute atomic E-state index is 11.6. The maximum atomic E-state index is 11.6. The molecule has 1 rings (SSSR count). The third-order valence-electron chi connectivity index (χ3n) is 2.73. The Morgan fingerprint density at radius 2 is 1.95 bits per heavy atom. The van der Waals surface area contributed by atoms with Gasteiger partial charge in [0.05, 0.1) is 0 Å². The molecule has 0 radical (unpaired) electrons. The average Bonchev–Trinajstić information content (AvgIpc) is 2.36. The monoisotopic (exact) mass is 264 g/mol. The molecule has 0 heterocycles. The largest absolute Gasteiger partial charge is 0.399 e. The molecule has 4 heteroatoms. The van der Waals surface area contributed by atoms with E-state index in [0.717, 1.165) is 25.1 Å². The Balaban J connectivity index is 2.09. The molecule has 1 aromatic carbocycles. The van der Waals surface area contributed by atoms with Crippen molar-refractivity contribution in [2.45, 2.75) is 33.1 Å². The number of rotatable bonds is 8. The molecule has 0 saturated carbocycles. The summed E-state index contributed by atoms with van der Waals surface area (Å²) in [6.07, 6.45) is 2.29. The highest BCUT2D eigenvalue weighted by Crippen LogP contribution is 2.11. The fraction of sp³-hybridized carbons (Fsp3) is 0.533. The van der Waals surface area contributed by atoms with E-state index in [1.807, 2.05) is 0 Å². The third-order valence-corrected chi connectivity index (χ3v) is 2.73. The van der Waals surface area contributed by atoms with Crippen LogP contribution in [-0.4, -0.2) is 19.1 Å². The van der Waals surface area contributed by atoms with Crippen LogP contribution in [0, 0.1) is 5.92 Å². The van der Waals surface area contributed by atoms with E-state index >= 15 is 0 Å². The number of anilines is 2. The smallest absolute Gasteiger partial charge is 0.224 e. The van der Waals surface area contributed by atoms with E-state index < -0.39 is 0 Å². The molecule has 0 atom stereocenters. The van der Waals surface area contributed by atoms with Crippen LogP contribution in [0.1, 0.15) is 33.1 Å². The van der Waals surface area contributed by atoms with Crippen LogP contribution in [-0.2, 0) is 9.53 Å². The van der Waals surface area contributed by atoms with Gasteiger partial charge in [0.25, 0.3) is 0 Å². The molecule has 1 aromatic rings. The summed E-state index contributed by atoms with van der Waals surface area (Å²) in [5.41, 5.74) is 7.05. The molecule has 106 valence electrons. The number of nitrogens with two attached hydrogens (primary N) is 1. The second-order valence-corrected chi connectivity index (χ2v) is 5.07. The van der Waals surface area contributed by atoms with E-state index in [4.69, 9.17) is 10.5 Å². The molecule has 0 spiro atoms. The van der Waals surface area contributed by atoms with Gasteiger partial charge in [0.1, 0.15) is 0 Å². The fourth-order valence-electron chi connectivity index (χ4n) is 1.55. The van der Waals surface area contributed by atoms with Gasteiger partial charge in [0.15, 0.2) is 0 Å². The molecule has 0 aromatic heterocycles. The van der Waals surface area contributed by atoms with Crippen LogP contribution in [0.15, 0.2) is 24.3 Å². The van der Waals surface area contributed by atoms with Crippen molar-refractivity contribution in [3.05, 3.63) is 24.3 Å². The molecule has 1 amide bonds. The molecule has 19 heavy (non-hydrogen) atoms. The number of benzene rings is 1. The van der Waals surface area contributed by atoms with Crippen molar-refractivity contribution < 1.29 is 9.53 Å². The van der Waals surface area contributed by atoms with Crippen LogP contribution in [0.5, 0.6) is 0 Å². The summed E-state index contributed by atoms with van der Waals surface area (Å²) in [6, 6.07) is 7.13.